The quantitative estimate of drug-likeness (QED) is 0.434. The molecule has 236 valence electrons. The molecule has 2 unspecified atom stereocenters. The average Bonchev–Trinajstić information content (AvgIpc) is 3.41. The van der Waals surface area contributed by atoms with Crippen LogP contribution in [0, 0.1) is 0 Å². The Hall–Kier alpha value is -4.10. The van der Waals surface area contributed by atoms with Crippen LogP contribution in [0.15, 0.2) is 12.4 Å². The molecule has 4 heterocycles. The summed E-state index contributed by atoms with van der Waals surface area (Å²) < 4.78 is 18.7. The number of carboxylic acids is 1. The summed E-state index contributed by atoms with van der Waals surface area (Å²) in [7, 11) is 1.88. The maximum absolute atomic E-state index is 13.0. The molecular weight excluding hydrogens is 558 g/mol. The SMILES string of the molecule is Cn1ccnc1CCOc1nc(C(=O)O)c(CCNC(=O)OC(C)(C)C)c(N2CC3CCC(C2)N3C(=O)OC(C)(C)C)n1. The third-order valence-corrected chi connectivity index (χ3v) is 7.07. The largest absolute Gasteiger partial charge is 0.476 e. The van der Waals surface area contributed by atoms with E-state index in [1.807, 2.05) is 43.5 Å². The molecule has 0 aliphatic carbocycles. The number of carboxylic acid groups (broad SMARTS) is 1. The van der Waals surface area contributed by atoms with Crippen molar-refractivity contribution in [3.63, 3.8) is 0 Å². The van der Waals surface area contributed by atoms with Gasteiger partial charge in [0.2, 0.25) is 0 Å². The molecule has 2 saturated heterocycles. The van der Waals surface area contributed by atoms with E-state index in [-0.39, 0.29) is 49.5 Å². The lowest BCUT2D eigenvalue weighted by Crippen LogP contribution is -2.57. The number of carbonyl (C=O) groups is 3. The molecular formula is C29H43N7O7. The normalized spacial score (nSPS) is 18.4. The molecule has 2 aromatic rings. The van der Waals surface area contributed by atoms with Gasteiger partial charge in [-0.2, -0.15) is 9.97 Å². The molecule has 14 nitrogen and oxygen atoms in total. The zero-order valence-electron chi connectivity index (χ0n) is 26.0. The van der Waals surface area contributed by atoms with Crippen molar-refractivity contribution in [2.75, 3.05) is 31.1 Å². The number of alkyl carbamates (subject to hydrolysis) is 1. The van der Waals surface area contributed by atoms with E-state index < -0.39 is 23.3 Å². The number of nitrogens with zero attached hydrogens (tertiary/aromatic N) is 6. The Labute approximate surface area is 251 Å². The van der Waals surface area contributed by atoms with Crippen LogP contribution >= 0.6 is 0 Å². The fraction of sp³-hybridized carbons (Fsp3) is 0.655. The number of imidazole rings is 1. The number of amides is 2. The molecule has 2 aliphatic heterocycles. The summed E-state index contributed by atoms with van der Waals surface area (Å²) in [6.07, 6.45) is 4.77. The van der Waals surface area contributed by atoms with E-state index in [0.717, 1.165) is 18.7 Å². The number of carbonyl (C=O) groups excluding carboxylic acids is 2. The molecule has 2 fully saturated rings. The minimum absolute atomic E-state index is 0.0626. The van der Waals surface area contributed by atoms with E-state index in [1.54, 1.807) is 31.9 Å². The number of piperazine rings is 1. The molecule has 2 amide bonds. The van der Waals surface area contributed by atoms with Crippen molar-refractivity contribution in [2.45, 2.75) is 90.5 Å². The standard InChI is InChI=1S/C29H43N7O7/c1-28(2,3)42-26(39)31-12-10-20-22(24(37)38)32-25(41-15-11-21-30-13-14-34(21)7)33-23(20)35-16-18-8-9-19(17-35)36(18)27(40)43-29(4,5)6/h13-14,18-19H,8-12,15-17H2,1-7H3,(H,31,39)(H,37,38). The van der Waals surface area contributed by atoms with Crippen LogP contribution in [0.25, 0.3) is 0 Å². The van der Waals surface area contributed by atoms with Gasteiger partial charge in [-0.25, -0.2) is 19.4 Å². The minimum Gasteiger partial charge on any atom is -0.476 e. The van der Waals surface area contributed by atoms with Crippen molar-refractivity contribution < 1.29 is 33.7 Å². The topological polar surface area (TPSA) is 161 Å². The molecule has 2 bridgehead atoms. The second kappa shape index (κ2) is 12.6. The van der Waals surface area contributed by atoms with Crippen LogP contribution in [0.2, 0.25) is 0 Å². The molecule has 4 rings (SSSR count). The maximum atomic E-state index is 13.0. The summed E-state index contributed by atoms with van der Waals surface area (Å²) in [4.78, 5) is 54.8. The van der Waals surface area contributed by atoms with Gasteiger partial charge in [0.1, 0.15) is 22.8 Å². The Kier molecular flexibility index (Phi) is 9.35. The van der Waals surface area contributed by atoms with Gasteiger partial charge in [-0.05, 0) is 60.8 Å². The second-order valence-corrected chi connectivity index (χ2v) is 12.9. The van der Waals surface area contributed by atoms with Crippen LogP contribution in [0.4, 0.5) is 15.4 Å². The van der Waals surface area contributed by atoms with E-state index in [9.17, 15) is 19.5 Å². The van der Waals surface area contributed by atoms with Crippen molar-refractivity contribution in [1.29, 1.82) is 0 Å². The Morgan fingerprint density at radius 1 is 1.00 bits per heavy atom. The molecule has 43 heavy (non-hydrogen) atoms. The summed E-state index contributed by atoms with van der Waals surface area (Å²) >= 11 is 0. The molecule has 2 aliphatic rings. The Bertz CT molecular complexity index is 1320. The average molecular weight is 602 g/mol. The number of aryl methyl sites for hydroxylation is 1. The number of nitrogens with one attached hydrogen (secondary N) is 1. The van der Waals surface area contributed by atoms with Crippen molar-refractivity contribution in [3.05, 3.63) is 29.5 Å². The highest BCUT2D eigenvalue weighted by Crippen LogP contribution is 2.35. The summed E-state index contributed by atoms with van der Waals surface area (Å²) in [6.45, 7) is 12.0. The number of fused-ring (bicyclic) bond motifs is 2. The highest BCUT2D eigenvalue weighted by molar-refractivity contribution is 5.89. The summed E-state index contributed by atoms with van der Waals surface area (Å²) in [6, 6.07) is -0.317. The number of ether oxygens (including phenoxy) is 3. The molecule has 14 heteroatoms. The Morgan fingerprint density at radius 3 is 2.21 bits per heavy atom. The first-order chi connectivity index (χ1) is 20.1. The predicted octanol–water partition coefficient (Wildman–Crippen LogP) is 3.19. The van der Waals surface area contributed by atoms with E-state index in [0.29, 0.717) is 30.9 Å². The van der Waals surface area contributed by atoms with E-state index in [2.05, 4.69) is 20.3 Å². The van der Waals surface area contributed by atoms with Gasteiger partial charge >= 0.3 is 24.2 Å². The monoisotopic (exact) mass is 601 g/mol. The molecule has 0 saturated carbocycles. The zero-order valence-corrected chi connectivity index (χ0v) is 26.0. The smallest absolute Gasteiger partial charge is 0.410 e. The first-order valence-corrected chi connectivity index (χ1v) is 14.6. The van der Waals surface area contributed by atoms with Crippen molar-refractivity contribution in [3.8, 4) is 6.01 Å². The van der Waals surface area contributed by atoms with Gasteiger partial charge in [-0.15, -0.1) is 0 Å². The van der Waals surface area contributed by atoms with Crippen molar-refractivity contribution in [1.82, 2.24) is 29.7 Å². The molecule has 0 aromatic carbocycles. The number of anilines is 1. The Balaban J connectivity index is 1.59. The van der Waals surface area contributed by atoms with Gasteiger partial charge in [0.25, 0.3) is 0 Å². The molecule has 0 radical (unpaired) electrons. The first-order valence-electron chi connectivity index (χ1n) is 14.6. The second-order valence-electron chi connectivity index (χ2n) is 12.9. The minimum atomic E-state index is -1.24. The lowest BCUT2D eigenvalue weighted by Gasteiger charge is -2.42. The number of aromatic carboxylic acids is 1. The molecule has 2 aromatic heterocycles. The van der Waals surface area contributed by atoms with Gasteiger partial charge in [0, 0.05) is 51.1 Å². The van der Waals surface area contributed by atoms with Gasteiger partial charge < -0.3 is 34.1 Å². The first kappa shape index (κ1) is 31.8. The fourth-order valence-electron chi connectivity index (χ4n) is 5.35. The third-order valence-electron chi connectivity index (χ3n) is 7.07. The van der Waals surface area contributed by atoms with E-state index in [4.69, 9.17) is 14.2 Å². The van der Waals surface area contributed by atoms with Crippen LogP contribution in [-0.2, 0) is 29.4 Å². The molecule has 0 spiro atoms. The number of aromatic nitrogens is 4. The maximum Gasteiger partial charge on any atom is 0.410 e. The van der Waals surface area contributed by atoms with Gasteiger partial charge in [0.15, 0.2) is 5.69 Å². The van der Waals surface area contributed by atoms with Crippen LogP contribution in [0.5, 0.6) is 6.01 Å². The van der Waals surface area contributed by atoms with Crippen LogP contribution in [0.3, 0.4) is 0 Å². The molecule has 2 N–H and O–H groups in total. The van der Waals surface area contributed by atoms with Gasteiger partial charge in [-0.3, -0.25) is 4.90 Å². The van der Waals surface area contributed by atoms with Crippen LogP contribution in [0.1, 0.15) is 76.3 Å². The van der Waals surface area contributed by atoms with Gasteiger partial charge in [-0.1, -0.05) is 0 Å². The highest BCUT2D eigenvalue weighted by Gasteiger charge is 2.45. The summed E-state index contributed by atoms with van der Waals surface area (Å²) in [5.74, 6) is -0.0234. The predicted molar refractivity (Wildman–Crippen MR) is 156 cm³/mol. The lowest BCUT2D eigenvalue weighted by molar-refractivity contribution is 0.0122. The van der Waals surface area contributed by atoms with Gasteiger partial charge in [0.05, 0.1) is 18.7 Å². The third kappa shape index (κ3) is 8.26. The number of rotatable bonds is 9. The fourth-order valence-corrected chi connectivity index (χ4v) is 5.35. The Morgan fingerprint density at radius 2 is 1.65 bits per heavy atom. The highest BCUT2D eigenvalue weighted by atomic mass is 16.6. The van der Waals surface area contributed by atoms with Crippen molar-refractivity contribution in [2.24, 2.45) is 7.05 Å². The molecule has 2 atom stereocenters. The summed E-state index contributed by atoms with van der Waals surface area (Å²) in [5.41, 5.74) is -1.13. The van der Waals surface area contributed by atoms with E-state index >= 15 is 0 Å². The summed E-state index contributed by atoms with van der Waals surface area (Å²) in [5, 5.41) is 12.9. The van der Waals surface area contributed by atoms with Crippen LogP contribution in [-0.4, -0.2) is 97.2 Å². The van der Waals surface area contributed by atoms with Crippen molar-refractivity contribution >= 4 is 24.0 Å². The van der Waals surface area contributed by atoms with E-state index in [1.165, 1.54) is 0 Å². The van der Waals surface area contributed by atoms with Crippen LogP contribution < -0.4 is 15.0 Å². The number of hydrogen-bond acceptors (Lipinski definition) is 10. The zero-order chi connectivity index (χ0) is 31.5. The number of hydrogen-bond donors (Lipinski definition) is 2. The lowest BCUT2D eigenvalue weighted by atomic mass is 10.1.